The molecule has 16 heavy (non-hydrogen) atoms. The molecule has 0 aliphatic heterocycles. The van der Waals surface area contributed by atoms with E-state index >= 15 is 0 Å². The molecular formula is C12H25NO3. The van der Waals surface area contributed by atoms with Crippen LogP contribution in [-0.4, -0.2) is 28.4 Å². The maximum Gasteiger partial charge on any atom is 0.407 e. The molecule has 0 saturated carbocycles. The highest BCUT2D eigenvalue weighted by Crippen LogP contribution is 2.15. The lowest BCUT2D eigenvalue weighted by atomic mass is 9.95. The number of carbonyl (C=O) groups is 1. The summed E-state index contributed by atoms with van der Waals surface area (Å²) in [5, 5.41) is 12.6. The number of carbonyl (C=O) groups excluding carboxylic acids is 1. The first-order chi connectivity index (χ1) is 7.06. The van der Waals surface area contributed by atoms with Crippen molar-refractivity contribution >= 4 is 6.09 Å². The monoisotopic (exact) mass is 231 g/mol. The highest BCUT2D eigenvalue weighted by atomic mass is 16.6. The van der Waals surface area contributed by atoms with Gasteiger partial charge in [-0.2, -0.15) is 0 Å². The van der Waals surface area contributed by atoms with Gasteiger partial charge in [0, 0.05) is 0 Å². The highest BCUT2D eigenvalue weighted by Gasteiger charge is 2.29. The molecular weight excluding hydrogens is 206 g/mol. The summed E-state index contributed by atoms with van der Waals surface area (Å²) in [4.78, 5) is 11.5. The molecule has 0 unspecified atom stereocenters. The van der Waals surface area contributed by atoms with E-state index in [0.717, 1.165) is 12.8 Å². The van der Waals surface area contributed by atoms with Crippen molar-refractivity contribution in [2.45, 2.75) is 71.6 Å². The lowest BCUT2D eigenvalue weighted by molar-refractivity contribution is 0.0147. The van der Waals surface area contributed by atoms with Gasteiger partial charge in [-0.25, -0.2) is 4.79 Å². The lowest BCUT2D eigenvalue weighted by Crippen LogP contribution is -2.50. The zero-order valence-corrected chi connectivity index (χ0v) is 11.3. The molecule has 4 nitrogen and oxygen atoms in total. The van der Waals surface area contributed by atoms with Crippen molar-refractivity contribution in [1.29, 1.82) is 0 Å². The SMILES string of the molecule is CCC[C@H](NC(=O)OC(C)(C)C)C(C)(C)O. The van der Waals surface area contributed by atoms with Gasteiger partial charge in [0.15, 0.2) is 0 Å². The quantitative estimate of drug-likeness (QED) is 0.781. The second-order valence-electron chi connectivity index (χ2n) is 5.64. The van der Waals surface area contributed by atoms with Crippen LogP contribution in [0.5, 0.6) is 0 Å². The summed E-state index contributed by atoms with van der Waals surface area (Å²) < 4.78 is 5.15. The third-order valence-corrected chi connectivity index (χ3v) is 2.12. The van der Waals surface area contributed by atoms with Crippen LogP contribution in [-0.2, 0) is 4.74 Å². The minimum atomic E-state index is -0.938. The molecule has 0 aromatic carbocycles. The van der Waals surface area contributed by atoms with Gasteiger partial charge >= 0.3 is 6.09 Å². The second-order valence-corrected chi connectivity index (χ2v) is 5.64. The Labute approximate surface area is 98.4 Å². The summed E-state index contributed by atoms with van der Waals surface area (Å²) in [6.45, 7) is 10.8. The lowest BCUT2D eigenvalue weighted by Gasteiger charge is -2.31. The number of nitrogens with one attached hydrogen (secondary N) is 1. The van der Waals surface area contributed by atoms with Gasteiger partial charge in [0.05, 0.1) is 11.6 Å². The Morgan fingerprint density at radius 2 is 1.81 bits per heavy atom. The van der Waals surface area contributed by atoms with Gasteiger partial charge in [-0.1, -0.05) is 13.3 Å². The maximum atomic E-state index is 11.5. The van der Waals surface area contributed by atoms with Crippen molar-refractivity contribution in [2.75, 3.05) is 0 Å². The van der Waals surface area contributed by atoms with Crippen LogP contribution in [0.1, 0.15) is 54.4 Å². The molecule has 0 saturated heterocycles. The Morgan fingerprint density at radius 1 is 1.31 bits per heavy atom. The predicted octanol–water partition coefficient (Wildman–Crippen LogP) is 2.45. The Morgan fingerprint density at radius 3 is 2.12 bits per heavy atom. The Hall–Kier alpha value is -0.770. The molecule has 1 amide bonds. The normalized spacial score (nSPS) is 14.4. The molecule has 0 fully saturated rings. The fourth-order valence-corrected chi connectivity index (χ4v) is 1.34. The molecule has 0 aromatic rings. The van der Waals surface area contributed by atoms with Crippen LogP contribution in [0.2, 0.25) is 0 Å². The highest BCUT2D eigenvalue weighted by molar-refractivity contribution is 5.68. The van der Waals surface area contributed by atoms with E-state index in [0.29, 0.717) is 0 Å². The number of amides is 1. The summed E-state index contributed by atoms with van der Waals surface area (Å²) in [6.07, 6.45) is 1.14. The summed E-state index contributed by atoms with van der Waals surface area (Å²) in [5.74, 6) is 0. The van der Waals surface area contributed by atoms with Crippen molar-refractivity contribution in [2.24, 2.45) is 0 Å². The molecule has 0 aliphatic carbocycles. The number of rotatable bonds is 4. The van der Waals surface area contributed by atoms with Gasteiger partial charge in [-0.15, -0.1) is 0 Å². The van der Waals surface area contributed by atoms with Gasteiger partial charge in [-0.3, -0.25) is 0 Å². The minimum absolute atomic E-state index is 0.285. The number of hydrogen-bond donors (Lipinski definition) is 2. The molecule has 1 atom stereocenters. The summed E-state index contributed by atoms with van der Waals surface area (Å²) in [6, 6.07) is -0.285. The van der Waals surface area contributed by atoms with Gasteiger partial charge in [-0.05, 0) is 41.0 Å². The number of hydrogen-bond acceptors (Lipinski definition) is 3. The Balaban J connectivity index is 4.36. The van der Waals surface area contributed by atoms with Crippen molar-refractivity contribution in [3.63, 3.8) is 0 Å². The molecule has 0 radical (unpaired) electrons. The zero-order valence-electron chi connectivity index (χ0n) is 11.3. The smallest absolute Gasteiger partial charge is 0.407 e. The first-order valence-electron chi connectivity index (χ1n) is 5.78. The van der Waals surface area contributed by atoms with E-state index in [1.54, 1.807) is 13.8 Å². The summed E-state index contributed by atoms with van der Waals surface area (Å²) >= 11 is 0. The average Bonchev–Trinajstić information content (AvgIpc) is 1.97. The van der Waals surface area contributed by atoms with Crippen LogP contribution in [0, 0.1) is 0 Å². The number of alkyl carbamates (subject to hydrolysis) is 1. The van der Waals surface area contributed by atoms with Crippen molar-refractivity contribution in [3.05, 3.63) is 0 Å². The minimum Gasteiger partial charge on any atom is -0.444 e. The first kappa shape index (κ1) is 15.2. The van der Waals surface area contributed by atoms with E-state index in [1.807, 2.05) is 27.7 Å². The van der Waals surface area contributed by atoms with E-state index in [9.17, 15) is 9.90 Å². The standard InChI is InChI=1S/C12H25NO3/c1-7-8-9(12(5,6)15)13-10(14)16-11(2,3)4/h9,15H,7-8H2,1-6H3,(H,13,14)/t9-/m0/s1. The third kappa shape index (κ3) is 6.67. The summed E-state index contributed by atoms with van der Waals surface area (Å²) in [7, 11) is 0. The topological polar surface area (TPSA) is 58.6 Å². The fraction of sp³-hybridized carbons (Fsp3) is 0.917. The molecule has 4 heteroatoms. The van der Waals surface area contributed by atoms with Crippen molar-refractivity contribution in [1.82, 2.24) is 5.32 Å². The van der Waals surface area contributed by atoms with Crippen LogP contribution < -0.4 is 5.32 Å². The second kappa shape index (κ2) is 5.53. The van der Waals surface area contributed by atoms with Gasteiger partial charge in [0.25, 0.3) is 0 Å². The average molecular weight is 231 g/mol. The van der Waals surface area contributed by atoms with E-state index in [1.165, 1.54) is 0 Å². The van der Waals surface area contributed by atoms with Crippen molar-refractivity contribution in [3.8, 4) is 0 Å². The molecule has 2 N–H and O–H groups in total. The largest absolute Gasteiger partial charge is 0.444 e. The van der Waals surface area contributed by atoms with Gasteiger partial charge < -0.3 is 15.2 Å². The third-order valence-electron chi connectivity index (χ3n) is 2.12. The molecule has 0 heterocycles. The predicted molar refractivity (Wildman–Crippen MR) is 64.4 cm³/mol. The van der Waals surface area contributed by atoms with Crippen LogP contribution in [0.4, 0.5) is 4.79 Å². The molecule has 96 valence electrons. The van der Waals surface area contributed by atoms with E-state index in [2.05, 4.69) is 5.32 Å². The molecule has 0 aliphatic rings. The van der Waals surface area contributed by atoms with Gasteiger partial charge in [0.2, 0.25) is 0 Å². The molecule has 0 aromatic heterocycles. The summed E-state index contributed by atoms with van der Waals surface area (Å²) in [5.41, 5.74) is -1.45. The van der Waals surface area contributed by atoms with E-state index in [-0.39, 0.29) is 6.04 Å². The molecule has 0 rings (SSSR count). The Bertz CT molecular complexity index is 225. The van der Waals surface area contributed by atoms with E-state index < -0.39 is 17.3 Å². The van der Waals surface area contributed by atoms with Crippen LogP contribution in [0.25, 0.3) is 0 Å². The van der Waals surface area contributed by atoms with E-state index in [4.69, 9.17) is 4.74 Å². The number of ether oxygens (including phenoxy) is 1. The zero-order chi connectivity index (χ0) is 13.0. The Kier molecular flexibility index (Phi) is 5.26. The van der Waals surface area contributed by atoms with Crippen LogP contribution in [0.3, 0.4) is 0 Å². The van der Waals surface area contributed by atoms with Crippen molar-refractivity contribution < 1.29 is 14.6 Å². The molecule has 0 spiro atoms. The first-order valence-corrected chi connectivity index (χ1v) is 5.78. The fourth-order valence-electron chi connectivity index (χ4n) is 1.34. The maximum absolute atomic E-state index is 11.5. The van der Waals surface area contributed by atoms with Crippen LogP contribution in [0.15, 0.2) is 0 Å². The van der Waals surface area contributed by atoms with Gasteiger partial charge in [0.1, 0.15) is 5.60 Å². The molecule has 0 bridgehead atoms. The number of aliphatic hydroxyl groups is 1. The van der Waals surface area contributed by atoms with Crippen LogP contribution >= 0.6 is 0 Å².